The molecule has 0 aliphatic carbocycles. The zero-order valence-corrected chi connectivity index (χ0v) is 8.20. The van der Waals surface area contributed by atoms with Crippen LogP contribution in [0, 0.1) is 18.3 Å². The summed E-state index contributed by atoms with van der Waals surface area (Å²) >= 11 is 0. The van der Waals surface area contributed by atoms with Crippen molar-refractivity contribution in [2.45, 2.75) is 19.4 Å². The van der Waals surface area contributed by atoms with Gasteiger partial charge in [0, 0.05) is 12.6 Å². The number of benzene rings is 1. The lowest BCUT2D eigenvalue weighted by Gasteiger charge is -2.13. The molecule has 74 valence electrons. The second-order valence-electron chi connectivity index (χ2n) is 3.30. The molecule has 1 rings (SSSR count). The van der Waals surface area contributed by atoms with Crippen LogP contribution in [0.25, 0.3) is 0 Å². The van der Waals surface area contributed by atoms with E-state index in [1.165, 1.54) is 0 Å². The quantitative estimate of drug-likeness (QED) is 0.753. The highest BCUT2D eigenvalue weighted by Crippen LogP contribution is 2.19. The molecule has 0 saturated carbocycles. The first-order valence-electron chi connectivity index (χ1n) is 4.56. The summed E-state index contributed by atoms with van der Waals surface area (Å²) in [6.45, 7) is 2.01. The number of nitrogens with two attached hydrogens (primary N) is 1. The fourth-order valence-electron chi connectivity index (χ4n) is 1.46. The molecule has 0 amide bonds. The van der Waals surface area contributed by atoms with E-state index in [0.717, 1.165) is 11.1 Å². The number of hydrogen-bond acceptors (Lipinski definition) is 3. The topological polar surface area (TPSA) is 70.0 Å². The Bertz CT molecular complexity index is 355. The van der Waals surface area contributed by atoms with Crippen LogP contribution in [0.5, 0.6) is 0 Å². The largest absolute Gasteiger partial charge is 0.396 e. The maximum absolute atomic E-state index is 8.76. The zero-order valence-electron chi connectivity index (χ0n) is 8.20. The van der Waals surface area contributed by atoms with Gasteiger partial charge in [-0.3, -0.25) is 0 Å². The van der Waals surface area contributed by atoms with Crippen LogP contribution in [0.15, 0.2) is 18.2 Å². The molecule has 0 radical (unpaired) electrons. The SMILES string of the molecule is Cc1cc(C#N)ccc1[C@H](N)CCO. The Morgan fingerprint density at radius 3 is 2.79 bits per heavy atom. The van der Waals surface area contributed by atoms with E-state index in [2.05, 4.69) is 6.07 Å². The summed E-state index contributed by atoms with van der Waals surface area (Å²) in [5.41, 5.74) is 8.50. The highest BCUT2D eigenvalue weighted by molar-refractivity contribution is 5.38. The van der Waals surface area contributed by atoms with E-state index < -0.39 is 0 Å². The minimum Gasteiger partial charge on any atom is -0.396 e. The molecule has 0 spiro atoms. The third-order valence-electron chi connectivity index (χ3n) is 2.24. The van der Waals surface area contributed by atoms with Crippen LogP contribution in [0.3, 0.4) is 0 Å². The Morgan fingerprint density at radius 1 is 1.57 bits per heavy atom. The van der Waals surface area contributed by atoms with Crippen LogP contribution >= 0.6 is 0 Å². The number of nitrogens with zero attached hydrogens (tertiary/aromatic N) is 1. The van der Waals surface area contributed by atoms with Crippen LogP contribution < -0.4 is 5.73 Å². The molecule has 3 heteroatoms. The molecule has 0 heterocycles. The van der Waals surface area contributed by atoms with Crippen molar-refractivity contribution in [2.24, 2.45) is 5.73 Å². The van der Waals surface area contributed by atoms with Gasteiger partial charge >= 0.3 is 0 Å². The Morgan fingerprint density at radius 2 is 2.29 bits per heavy atom. The predicted octanol–water partition coefficient (Wildman–Crippen LogP) is 1.25. The molecular weight excluding hydrogens is 176 g/mol. The number of hydrogen-bond donors (Lipinski definition) is 2. The Kier molecular flexibility index (Phi) is 3.63. The lowest BCUT2D eigenvalue weighted by atomic mass is 9.98. The second kappa shape index (κ2) is 4.75. The van der Waals surface area contributed by atoms with E-state index in [0.29, 0.717) is 12.0 Å². The summed E-state index contributed by atoms with van der Waals surface area (Å²) in [7, 11) is 0. The molecule has 1 aromatic carbocycles. The molecule has 3 N–H and O–H groups in total. The third-order valence-corrected chi connectivity index (χ3v) is 2.24. The smallest absolute Gasteiger partial charge is 0.0991 e. The van der Waals surface area contributed by atoms with Crippen LogP contribution in [0.2, 0.25) is 0 Å². The van der Waals surface area contributed by atoms with Gasteiger partial charge in [-0.1, -0.05) is 6.07 Å². The van der Waals surface area contributed by atoms with E-state index in [4.69, 9.17) is 16.1 Å². The predicted molar refractivity (Wildman–Crippen MR) is 54.5 cm³/mol. The molecule has 14 heavy (non-hydrogen) atoms. The maximum atomic E-state index is 8.76. The highest BCUT2D eigenvalue weighted by atomic mass is 16.3. The number of rotatable bonds is 3. The Balaban J connectivity index is 2.95. The van der Waals surface area contributed by atoms with Crippen molar-refractivity contribution in [2.75, 3.05) is 6.61 Å². The Labute approximate surface area is 83.8 Å². The molecule has 0 saturated heterocycles. The normalized spacial score (nSPS) is 12.1. The van der Waals surface area contributed by atoms with Gasteiger partial charge in [0.25, 0.3) is 0 Å². The van der Waals surface area contributed by atoms with Crippen LogP contribution in [-0.2, 0) is 0 Å². The third kappa shape index (κ3) is 2.32. The average molecular weight is 190 g/mol. The summed E-state index contributed by atoms with van der Waals surface area (Å²) in [4.78, 5) is 0. The summed E-state index contributed by atoms with van der Waals surface area (Å²) in [5, 5.41) is 17.4. The minimum atomic E-state index is -0.146. The Hall–Kier alpha value is -1.37. The van der Waals surface area contributed by atoms with Crippen LogP contribution in [0.1, 0.15) is 29.2 Å². The molecule has 0 aliphatic heterocycles. The van der Waals surface area contributed by atoms with Crippen LogP contribution in [0.4, 0.5) is 0 Å². The van der Waals surface area contributed by atoms with Crippen molar-refractivity contribution in [3.05, 3.63) is 34.9 Å². The number of aliphatic hydroxyl groups excluding tert-OH is 1. The molecule has 0 unspecified atom stereocenters. The van der Waals surface area contributed by atoms with E-state index >= 15 is 0 Å². The van der Waals surface area contributed by atoms with Crippen molar-refractivity contribution in [3.8, 4) is 6.07 Å². The monoisotopic (exact) mass is 190 g/mol. The molecule has 3 nitrogen and oxygen atoms in total. The van der Waals surface area contributed by atoms with Gasteiger partial charge in [0.2, 0.25) is 0 Å². The first-order valence-corrected chi connectivity index (χ1v) is 4.56. The fourth-order valence-corrected chi connectivity index (χ4v) is 1.46. The average Bonchev–Trinajstić information content (AvgIpc) is 2.17. The molecule has 1 aromatic rings. The van der Waals surface area contributed by atoms with E-state index in [-0.39, 0.29) is 12.6 Å². The summed E-state index contributed by atoms with van der Waals surface area (Å²) in [5.74, 6) is 0. The zero-order chi connectivity index (χ0) is 10.6. The number of nitriles is 1. The van der Waals surface area contributed by atoms with Gasteiger partial charge < -0.3 is 10.8 Å². The molecular formula is C11H14N2O. The van der Waals surface area contributed by atoms with E-state index in [1.54, 1.807) is 6.07 Å². The summed E-state index contributed by atoms with van der Waals surface area (Å²) in [6.07, 6.45) is 0.548. The van der Waals surface area contributed by atoms with Crippen molar-refractivity contribution < 1.29 is 5.11 Å². The van der Waals surface area contributed by atoms with Crippen molar-refractivity contribution in [1.82, 2.24) is 0 Å². The van der Waals surface area contributed by atoms with Gasteiger partial charge in [-0.25, -0.2) is 0 Å². The van der Waals surface area contributed by atoms with Crippen LogP contribution in [-0.4, -0.2) is 11.7 Å². The molecule has 1 atom stereocenters. The van der Waals surface area contributed by atoms with Gasteiger partial charge in [0.05, 0.1) is 11.6 Å². The highest BCUT2D eigenvalue weighted by Gasteiger charge is 2.08. The minimum absolute atomic E-state index is 0.0839. The number of aryl methyl sites for hydroxylation is 1. The fraction of sp³-hybridized carbons (Fsp3) is 0.364. The summed E-state index contributed by atoms with van der Waals surface area (Å²) in [6, 6.07) is 7.35. The van der Waals surface area contributed by atoms with Gasteiger partial charge in [0.15, 0.2) is 0 Å². The van der Waals surface area contributed by atoms with Gasteiger partial charge in [0.1, 0.15) is 0 Å². The van der Waals surface area contributed by atoms with Gasteiger partial charge in [-0.2, -0.15) is 5.26 Å². The first-order chi connectivity index (χ1) is 6.69. The van der Waals surface area contributed by atoms with Gasteiger partial charge in [-0.15, -0.1) is 0 Å². The molecule has 0 aliphatic rings. The maximum Gasteiger partial charge on any atom is 0.0991 e. The summed E-state index contributed by atoms with van der Waals surface area (Å²) < 4.78 is 0. The van der Waals surface area contributed by atoms with E-state index in [9.17, 15) is 0 Å². The first kappa shape index (κ1) is 10.7. The van der Waals surface area contributed by atoms with Gasteiger partial charge in [-0.05, 0) is 36.6 Å². The molecule has 0 fully saturated rings. The van der Waals surface area contributed by atoms with E-state index in [1.807, 2.05) is 19.1 Å². The standard InChI is InChI=1S/C11H14N2O/c1-8-6-9(7-12)2-3-10(8)11(13)4-5-14/h2-3,6,11,14H,4-5,13H2,1H3/t11-/m1/s1. The van der Waals surface area contributed by atoms with Crippen molar-refractivity contribution in [3.63, 3.8) is 0 Å². The second-order valence-corrected chi connectivity index (χ2v) is 3.30. The lowest BCUT2D eigenvalue weighted by Crippen LogP contribution is -2.13. The number of aliphatic hydroxyl groups is 1. The van der Waals surface area contributed by atoms with Crippen molar-refractivity contribution >= 4 is 0 Å². The molecule has 0 aromatic heterocycles. The molecule has 0 bridgehead atoms. The lowest BCUT2D eigenvalue weighted by molar-refractivity contribution is 0.276. The van der Waals surface area contributed by atoms with Crippen molar-refractivity contribution in [1.29, 1.82) is 5.26 Å².